The first-order valence-corrected chi connectivity index (χ1v) is 9.74. The summed E-state index contributed by atoms with van der Waals surface area (Å²) in [5.74, 6) is -0.769. The van der Waals surface area contributed by atoms with Gasteiger partial charge in [0.25, 0.3) is 5.56 Å². The maximum atomic E-state index is 12.7. The van der Waals surface area contributed by atoms with E-state index >= 15 is 0 Å². The van der Waals surface area contributed by atoms with E-state index in [0.29, 0.717) is 22.0 Å². The Morgan fingerprint density at radius 3 is 2.62 bits per heavy atom. The minimum Gasteiger partial charge on any atom is -0.454 e. The molecule has 1 aliphatic carbocycles. The van der Waals surface area contributed by atoms with Gasteiger partial charge in [-0.05, 0) is 49.4 Å². The molecule has 29 heavy (non-hydrogen) atoms. The van der Waals surface area contributed by atoms with Crippen LogP contribution >= 0.6 is 0 Å². The Balaban J connectivity index is 1.50. The number of fused-ring (bicyclic) bond motifs is 2. The van der Waals surface area contributed by atoms with Crippen LogP contribution in [0.3, 0.4) is 0 Å². The van der Waals surface area contributed by atoms with Crippen LogP contribution in [0.2, 0.25) is 0 Å². The molecule has 1 atom stereocenters. The molecule has 1 heterocycles. The molecule has 148 valence electrons. The number of rotatable bonds is 5. The summed E-state index contributed by atoms with van der Waals surface area (Å²) in [4.78, 5) is 37.4. The quantitative estimate of drug-likeness (QED) is 0.494. The van der Waals surface area contributed by atoms with Gasteiger partial charge < -0.3 is 4.74 Å². The van der Waals surface area contributed by atoms with E-state index < -0.39 is 12.1 Å². The summed E-state index contributed by atoms with van der Waals surface area (Å²) in [5, 5.41) is 5.32. The smallest absolute Gasteiger partial charge is 0.312 e. The molecule has 0 unspecified atom stereocenters. The van der Waals surface area contributed by atoms with Gasteiger partial charge in [0.05, 0.1) is 17.5 Å². The standard InChI is InChI=1S/C23H22N2O4/c1-14(22(27)17-11-10-15-6-5-7-16(15)12-17)29-21(26)13-20-18-8-3-4-9-19(18)23(28)25(2)24-20/h3-4,8-12,14H,5-7,13H2,1-2H3/t14-/m1/s1. The average molecular weight is 390 g/mol. The van der Waals surface area contributed by atoms with Crippen LogP contribution < -0.4 is 5.56 Å². The number of hydrogen-bond donors (Lipinski definition) is 0. The Labute approximate surface area is 168 Å². The van der Waals surface area contributed by atoms with Crippen molar-refractivity contribution in [3.05, 3.63) is 75.2 Å². The Bertz CT molecular complexity index is 1180. The number of nitrogens with zero attached hydrogens (tertiary/aromatic N) is 2. The molecule has 0 saturated carbocycles. The van der Waals surface area contributed by atoms with Crippen LogP contribution in [0.15, 0.2) is 47.3 Å². The summed E-state index contributed by atoms with van der Waals surface area (Å²) in [5.41, 5.74) is 3.29. The summed E-state index contributed by atoms with van der Waals surface area (Å²) in [6, 6.07) is 12.7. The van der Waals surface area contributed by atoms with Crippen molar-refractivity contribution in [1.29, 1.82) is 0 Å². The molecule has 4 rings (SSSR count). The van der Waals surface area contributed by atoms with Gasteiger partial charge in [0.2, 0.25) is 5.78 Å². The summed E-state index contributed by atoms with van der Waals surface area (Å²) in [7, 11) is 1.55. The minimum absolute atomic E-state index is 0.115. The number of esters is 1. The molecule has 1 aliphatic rings. The van der Waals surface area contributed by atoms with Crippen LogP contribution in [0, 0.1) is 0 Å². The van der Waals surface area contributed by atoms with Gasteiger partial charge in [-0.2, -0.15) is 5.10 Å². The molecular weight excluding hydrogens is 368 g/mol. The highest BCUT2D eigenvalue weighted by atomic mass is 16.5. The highest BCUT2D eigenvalue weighted by Gasteiger charge is 2.22. The molecule has 0 saturated heterocycles. The second kappa shape index (κ2) is 7.62. The van der Waals surface area contributed by atoms with Gasteiger partial charge in [0.1, 0.15) is 0 Å². The lowest BCUT2D eigenvalue weighted by Crippen LogP contribution is -2.27. The van der Waals surface area contributed by atoms with Crippen LogP contribution in [0.4, 0.5) is 0 Å². The maximum Gasteiger partial charge on any atom is 0.312 e. The average Bonchev–Trinajstić information content (AvgIpc) is 3.19. The van der Waals surface area contributed by atoms with Crippen LogP contribution in [0.25, 0.3) is 10.8 Å². The number of benzene rings is 2. The van der Waals surface area contributed by atoms with Crippen molar-refractivity contribution < 1.29 is 14.3 Å². The maximum absolute atomic E-state index is 12.7. The zero-order valence-corrected chi connectivity index (χ0v) is 16.5. The normalized spacial score (nSPS) is 13.9. The third kappa shape index (κ3) is 3.70. The molecule has 0 radical (unpaired) electrons. The first-order valence-electron chi connectivity index (χ1n) is 9.74. The number of aryl methyl sites for hydroxylation is 3. The first-order chi connectivity index (χ1) is 13.9. The largest absolute Gasteiger partial charge is 0.454 e. The molecule has 0 fully saturated rings. The van der Waals surface area contributed by atoms with Crippen molar-refractivity contribution in [1.82, 2.24) is 9.78 Å². The van der Waals surface area contributed by atoms with Crippen molar-refractivity contribution in [3.8, 4) is 0 Å². The monoisotopic (exact) mass is 390 g/mol. The lowest BCUT2D eigenvalue weighted by molar-refractivity contribution is -0.145. The highest BCUT2D eigenvalue weighted by Crippen LogP contribution is 2.23. The topological polar surface area (TPSA) is 78.3 Å². The van der Waals surface area contributed by atoms with Gasteiger partial charge in [0.15, 0.2) is 6.10 Å². The Morgan fingerprint density at radius 2 is 1.83 bits per heavy atom. The van der Waals surface area contributed by atoms with Crippen molar-refractivity contribution in [3.63, 3.8) is 0 Å². The lowest BCUT2D eigenvalue weighted by atomic mass is 10.0. The zero-order valence-electron chi connectivity index (χ0n) is 16.5. The fourth-order valence-corrected chi connectivity index (χ4v) is 3.90. The van der Waals surface area contributed by atoms with Gasteiger partial charge >= 0.3 is 5.97 Å². The second-order valence-corrected chi connectivity index (χ2v) is 7.43. The molecular formula is C23H22N2O4. The summed E-state index contributed by atoms with van der Waals surface area (Å²) >= 11 is 0. The number of carbonyl (C=O) groups is 2. The molecule has 6 heteroatoms. The van der Waals surface area contributed by atoms with Crippen molar-refractivity contribution in [2.45, 2.75) is 38.7 Å². The van der Waals surface area contributed by atoms with E-state index in [1.54, 1.807) is 44.3 Å². The van der Waals surface area contributed by atoms with Gasteiger partial charge in [-0.25, -0.2) is 4.68 Å². The van der Waals surface area contributed by atoms with E-state index in [2.05, 4.69) is 5.10 Å². The lowest BCUT2D eigenvalue weighted by Gasteiger charge is -2.14. The van der Waals surface area contributed by atoms with Crippen LogP contribution in [0.5, 0.6) is 0 Å². The van der Waals surface area contributed by atoms with Gasteiger partial charge in [0, 0.05) is 18.0 Å². The zero-order chi connectivity index (χ0) is 20.5. The second-order valence-electron chi connectivity index (χ2n) is 7.43. The van der Waals surface area contributed by atoms with Crippen LogP contribution in [-0.2, 0) is 35.8 Å². The molecule has 1 aromatic heterocycles. The van der Waals surface area contributed by atoms with E-state index in [1.807, 2.05) is 12.1 Å². The molecule has 3 aromatic rings. The highest BCUT2D eigenvalue weighted by molar-refractivity contribution is 6.00. The number of carbonyl (C=O) groups excluding carboxylic acids is 2. The number of aromatic nitrogens is 2. The molecule has 0 spiro atoms. The molecule has 0 N–H and O–H groups in total. The van der Waals surface area contributed by atoms with E-state index in [4.69, 9.17) is 4.74 Å². The van der Waals surface area contributed by atoms with Crippen molar-refractivity contribution >= 4 is 22.5 Å². The molecule has 6 nitrogen and oxygen atoms in total. The molecule has 2 aromatic carbocycles. The summed E-state index contributed by atoms with van der Waals surface area (Å²) < 4.78 is 6.61. The van der Waals surface area contributed by atoms with Crippen LogP contribution in [0.1, 0.15) is 40.5 Å². The molecule has 0 bridgehead atoms. The predicted molar refractivity (Wildman–Crippen MR) is 109 cm³/mol. The summed E-state index contributed by atoms with van der Waals surface area (Å²) in [6.07, 6.45) is 2.14. The minimum atomic E-state index is -0.888. The molecule has 0 aliphatic heterocycles. The van der Waals surface area contributed by atoms with Gasteiger partial charge in [-0.3, -0.25) is 14.4 Å². The van der Waals surface area contributed by atoms with E-state index in [9.17, 15) is 14.4 Å². The fraction of sp³-hybridized carbons (Fsp3) is 0.304. The Kier molecular flexibility index (Phi) is 5.01. The SMILES string of the molecule is C[C@@H](OC(=O)Cc1nn(C)c(=O)c2ccccc12)C(=O)c1ccc2c(c1)CCC2. The number of ketones is 1. The number of hydrogen-bond acceptors (Lipinski definition) is 5. The number of Topliss-reactive ketones (excluding diaryl/α,β-unsaturated/α-hetero) is 1. The van der Waals surface area contributed by atoms with Crippen molar-refractivity contribution in [2.75, 3.05) is 0 Å². The third-order valence-electron chi connectivity index (χ3n) is 5.41. The van der Waals surface area contributed by atoms with Crippen molar-refractivity contribution in [2.24, 2.45) is 7.05 Å². The van der Waals surface area contributed by atoms with E-state index in [1.165, 1.54) is 15.8 Å². The Hall–Kier alpha value is -3.28. The van der Waals surface area contributed by atoms with Gasteiger partial charge in [-0.15, -0.1) is 0 Å². The predicted octanol–water partition coefficient (Wildman–Crippen LogP) is 2.78. The van der Waals surface area contributed by atoms with E-state index in [0.717, 1.165) is 19.3 Å². The molecule has 0 amide bonds. The number of ether oxygens (including phenoxy) is 1. The Morgan fingerprint density at radius 1 is 1.10 bits per heavy atom. The third-order valence-corrected chi connectivity index (χ3v) is 5.41. The fourth-order valence-electron chi connectivity index (χ4n) is 3.90. The van der Waals surface area contributed by atoms with Gasteiger partial charge in [-0.1, -0.05) is 30.3 Å². The van der Waals surface area contributed by atoms with E-state index in [-0.39, 0.29) is 17.8 Å². The van der Waals surface area contributed by atoms with Crippen LogP contribution in [-0.4, -0.2) is 27.6 Å². The first kappa shape index (κ1) is 19.1. The summed E-state index contributed by atoms with van der Waals surface area (Å²) in [6.45, 7) is 1.58.